The molecule has 0 aliphatic carbocycles. The lowest BCUT2D eigenvalue weighted by atomic mass is 10.1. The van der Waals surface area contributed by atoms with E-state index in [9.17, 15) is 9.59 Å². The Kier molecular flexibility index (Phi) is 9.34. The number of nitrogens with one attached hydrogen (secondary N) is 1. The van der Waals surface area contributed by atoms with Crippen molar-refractivity contribution < 1.29 is 23.8 Å². The van der Waals surface area contributed by atoms with Crippen LogP contribution in [0.3, 0.4) is 0 Å². The van der Waals surface area contributed by atoms with Crippen molar-refractivity contribution in [2.24, 2.45) is 0 Å². The van der Waals surface area contributed by atoms with Crippen LogP contribution in [-0.4, -0.2) is 82.2 Å². The highest BCUT2D eigenvalue weighted by Crippen LogP contribution is 2.38. The molecule has 0 spiro atoms. The summed E-state index contributed by atoms with van der Waals surface area (Å²) in [7, 11) is 4.66. The summed E-state index contributed by atoms with van der Waals surface area (Å²) in [6.07, 6.45) is 4.10. The van der Waals surface area contributed by atoms with Crippen LogP contribution in [0.25, 0.3) is 6.08 Å². The minimum absolute atomic E-state index is 0.0120. The van der Waals surface area contributed by atoms with Crippen molar-refractivity contribution in [3.05, 3.63) is 59.7 Å². The van der Waals surface area contributed by atoms with E-state index in [-0.39, 0.29) is 11.8 Å². The fourth-order valence-corrected chi connectivity index (χ4v) is 3.85. The van der Waals surface area contributed by atoms with Crippen LogP contribution in [-0.2, 0) is 16.0 Å². The highest BCUT2D eigenvalue weighted by Gasteiger charge is 2.21. The summed E-state index contributed by atoms with van der Waals surface area (Å²) in [5.41, 5.74) is 1.98. The minimum atomic E-state index is -0.0688. The molecule has 0 radical (unpaired) electrons. The number of hydrogen-bond acceptors (Lipinski definition) is 6. The molecule has 34 heavy (non-hydrogen) atoms. The van der Waals surface area contributed by atoms with Crippen LogP contribution in [0.4, 0.5) is 0 Å². The lowest BCUT2D eigenvalue weighted by Crippen LogP contribution is -2.50. The predicted octanol–water partition coefficient (Wildman–Crippen LogP) is 2.23. The third-order valence-electron chi connectivity index (χ3n) is 5.74. The van der Waals surface area contributed by atoms with Gasteiger partial charge >= 0.3 is 0 Å². The van der Waals surface area contributed by atoms with Gasteiger partial charge in [0, 0.05) is 38.8 Å². The van der Waals surface area contributed by atoms with Crippen LogP contribution in [0.2, 0.25) is 0 Å². The van der Waals surface area contributed by atoms with Crippen molar-refractivity contribution >= 4 is 17.9 Å². The molecule has 0 atom stereocenters. The van der Waals surface area contributed by atoms with Gasteiger partial charge in [0.2, 0.25) is 17.6 Å². The Morgan fingerprint density at radius 3 is 2.18 bits per heavy atom. The van der Waals surface area contributed by atoms with Crippen LogP contribution >= 0.6 is 0 Å². The van der Waals surface area contributed by atoms with Crippen molar-refractivity contribution in [2.75, 3.05) is 60.6 Å². The summed E-state index contributed by atoms with van der Waals surface area (Å²) >= 11 is 0. The van der Waals surface area contributed by atoms with Gasteiger partial charge < -0.3 is 24.4 Å². The van der Waals surface area contributed by atoms with E-state index in [1.807, 2.05) is 18.2 Å². The molecule has 0 unspecified atom stereocenters. The normalized spacial score (nSPS) is 14.1. The Morgan fingerprint density at radius 2 is 1.59 bits per heavy atom. The number of methoxy groups -OCH3 is 3. The molecule has 8 heteroatoms. The standard InChI is InChI=1S/C26H33N3O5/c1-32-22-17-21(18-23(33-2)26(22)34-3)9-10-25(31)29-15-13-28(14-16-29)19-24(30)27-12-11-20-7-5-4-6-8-20/h4-10,17-18H,11-16,19H2,1-3H3,(H,27,30)/b10-9+. The van der Waals surface area contributed by atoms with E-state index in [1.54, 1.807) is 50.5 Å². The van der Waals surface area contributed by atoms with Crippen LogP contribution in [0.1, 0.15) is 11.1 Å². The first-order chi connectivity index (χ1) is 16.5. The third-order valence-corrected chi connectivity index (χ3v) is 5.74. The van der Waals surface area contributed by atoms with Crippen molar-refractivity contribution in [1.29, 1.82) is 0 Å². The van der Waals surface area contributed by atoms with E-state index in [0.29, 0.717) is 56.5 Å². The van der Waals surface area contributed by atoms with Gasteiger partial charge in [-0.3, -0.25) is 14.5 Å². The third kappa shape index (κ3) is 6.99. The zero-order valence-electron chi connectivity index (χ0n) is 20.1. The predicted molar refractivity (Wildman–Crippen MR) is 131 cm³/mol. The molecule has 3 rings (SSSR count). The summed E-state index contributed by atoms with van der Waals surface area (Å²) in [6.45, 7) is 3.45. The Labute approximate surface area is 201 Å². The Bertz CT molecular complexity index is 960. The second-order valence-corrected chi connectivity index (χ2v) is 7.98. The minimum Gasteiger partial charge on any atom is -0.493 e. The van der Waals surface area contributed by atoms with Gasteiger partial charge in [-0.2, -0.15) is 0 Å². The summed E-state index contributed by atoms with van der Waals surface area (Å²) in [5.74, 6) is 1.52. The number of ether oxygens (including phenoxy) is 3. The number of hydrogen-bond donors (Lipinski definition) is 1. The van der Waals surface area contributed by atoms with E-state index in [2.05, 4.69) is 22.3 Å². The molecular formula is C26H33N3O5. The molecule has 1 aliphatic rings. The molecule has 8 nitrogen and oxygen atoms in total. The Balaban J connectivity index is 1.44. The lowest BCUT2D eigenvalue weighted by molar-refractivity contribution is -0.128. The van der Waals surface area contributed by atoms with E-state index in [4.69, 9.17) is 14.2 Å². The topological polar surface area (TPSA) is 80.3 Å². The first-order valence-electron chi connectivity index (χ1n) is 11.3. The van der Waals surface area contributed by atoms with Crippen LogP contribution in [0.5, 0.6) is 17.2 Å². The van der Waals surface area contributed by atoms with Crippen molar-refractivity contribution in [2.45, 2.75) is 6.42 Å². The molecule has 1 fully saturated rings. The molecular weight excluding hydrogens is 434 g/mol. The number of amides is 2. The van der Waals surface area contributed by atoms with E-state index in [0.717, 1.165) is 12.0 Å². The highest BCUT2D eigenvalue weighted by atomic mass is 16.5. The number of carbonyl (C=O) groups is 2. The van der Waals surface area contributed by atoms with Gasteiger partial charge in [0.1, 0.15) is 0 Å². The average Bonchev–Trinajstić information content (AvgIpc) is 2.87. The Morgan fingerprint density at radius 1 is 0.941 bits per heavy atom. The molecule has 0 saturated carbocycles. The number of nitrogens with zero attached hydrogens (tertiary/aromatic N) is 2. The molecule has 1 saturated heterocycles. The summed E-state index contributed by atoms with van der Waals surface area (Å²) in [5, 5.41) is 2.98. The maximum Gasteiger partial charge on any atom is 0.246 e. The van der Waals surface area contributed by atoms with Gasteiger partial charge in [0.25, 0.3) is 0 Å². The molecule has 0 aromatic heterocycles. The van der Waals surface area contributed by atoms with Crippen LogP contribution in [0, 0.1) is 0 Å². The van der Waals surface area contributed by atoms with Crippen molar-refractivity contribution in [1.82, 2.24) is 15.1 Å². The molecule has 1 heterocycles. The van der Waals surface area contributed by atoms with Crippen molar-refractivity contribution in [3.8, 4) is 17.2 Å². The molecule has 1 aliphatic heterocycles. The van der Waals surface area contributed by atoms with Gasteiger partial charge in [0.15, 0.2) is 11.5 Å². The van der Waals surface area contributed by atoms with Crippen LogP contribution < -0.4 is 19.5 Å². The molecule has 182 valence electrons. The van der Waals surface area contributed by atoms with Gasteiger partial charge in [-0.05, 0) is 35.8 Å². The summed E-state index contributed by atoms with van der Waals surface area (Å²) in [6, 6.07) is 13.7. The second kappa shape index (κ2) is 12.6. The number of carbonyl (C=O) groups excluding carboxylic acids is 2. The SMILES string of the molecule is COc1cc(/C=C/C(=O)N2CCN(CC(=O)NCCc3ccccc3)CC2)cc(OC)c1OC. The maximum absolute atomic E-state index is 12.7. The smallest absolute Gasteiger partial charge is 0.246 e. The fraction of sp³-hybridized carbons (Fsp3) is 0.385. The van der Waals surface area contributed by atoms with E-state index in [1.165, 1.54) is 5.56 Å². The van der Waals surface area contributed by atoms with E-state index < -0.39 is 0 Å². The monoisotopic (exact) mass is 467 g/mol. The first kappa shape index (κ1) is 25.1. The largest absolute Gasteiger partial charge is 0.493 e. The first-order valence-corrected chi connectivity index (χ1v) is 11.3. The zero-order valence-corrected chi connectivity index (χ0v) is 20.1. The highest BCUT2D eigenvalue weighted by molar-refractivity contribution is 5.92. The molecule has 2 aromatic carbocycles. The average molecular weight is 468 g/mol. The fourth-order valence-electron chi connectivity index (χ4n) is 3.85. The second-order valence-electron chi connectivity index (χ2n) is 7.98. The quantitative estimate of drug-likeness (QED) is 0.540. The molecule has 0 bridgehead atoms. The molecule has 2 aromatic rings. The maximum atomic E-state index is 12.7. The molecule has 1 N–H and O–H groups in total. The van der Waals surface area contributed by atoms with Crippen molar-refractivity contribution in [3.63, 3.8) is 0 Å². The van der Waals surface area contributed by atoms with Gasteiger partial charge in [-0.15, -0.1) is 0 Å². The van der Waals surface area contributed by atoms with Gasteiger partial charge in [-0.1, -0.05) is 30.3 Å². The summed E-state index contributed by atoms with van der Waals surface area (Å²) in [4.78, 5) is 28.8. The summed E-state index contributed by atoms with van der Waals surface area (Å²) < 4.78 is 16.1. The van der Waals surface area contributed by atoms with Gasteiger partial charge in [0.05, 0.1) is 27.9 Å². The Hall–Kier alpha value is -3.52. The van der Waals surface area contributed by atoms with Crippen LogP contribution in [0.15, 0.2) is 48.5 Å². The van der Waals surface area contributed by atoms with E-state index >= 15 is 0 Å². The zero-order chi connectivity index (χ0) is 24.3. The number of benzene rings is 2. The number of rotatable bonds is 10. The van der Waals surface area contributed by atoms with Gasteiger partial charge in [-0.25, -0.2) is 0 Å². The lowest BCUT2D eigenvalue weighted by Gasteiger charge is -2.33. The molecule has 2 amide bonds. The number of piperazine rings is 1.